The number of fused-ring (bicyclic) bond motifs is 2. The molecule has 1 atom stereocenters. The van der Waals surface area contributed by atoms with E-state index in [0.29, 0.717) is 51.5 Å². The molecule has 0 saturated carbocycles. The first kappa shape index (κ1) is 23.2. The molecule has 3 heterocycles. The summed E-state index contributed by atoms with van der Waals surface area (Å²) in [7, 11) is 0. The van der Waals surface area contributed by atoms with E-state index in [9.17, 15) is 4.79 Å². The lowest BCUT2D eigenvalue weighted by atomic mass is 10.2. The van der Waals surface area contributed by atoms with Crippen LogP contribution in [0.4, 0.5) is 0 Å². The van der Waals surface area contributed by atoms with Crippen molar-refractivity contribution in [2.75, 3.05) is 19.8 Å². The lowest BCUT2D eigenvalue weighted by Crippen LogP contribution is -2.26. The molecule has 8 nitrogen and oxygen atoms in total. The summed E-state index contributed by atoms with van der Waals surface area (Å²) >= 11 is 1.28. The Morgan fingerprint density at radius 1 is 1.11 bits per heavy atom. The summed E-state index contributed by atoms with van der Waals surface area (Å²) in [5.41, 5.74) is 0.621. The van der Waals surface area contributed by atoms with E-state index in [-0.39, 0.29) is 12.2 Å². The Labute approximate surface area is 206 Å². The molecule has 0 aliphatic carbocycles. The van der Waals surface area contributed by atoms with Crippen LogP contribution in [0.5, 0.6) is 23.0 Å². The second-order valence-corrected chi connectivity index (χ2v) is 9.15. The Balaban J connectivity index is 1.38. The second kappa shape index (κ2) is 10.4. The van der Waals surface area contributed by atoms with Crippen LogP contribution in [0.25, 0.3) is 11.0 Å². The first-order chi connectivity index (χ1) is 17.2. The summed E-state index contributed by atoms with van der Waals surface area (Å²) in [6, 6.07) is 13.2. The smallest absolute Gasteiger partial charge is 0.291 e. The fourth-order valence-electron chi connectivity index (χ4n) is 3.82. The normalized spacial score (nSPS) is 15.5. The van der Waals surface area contributed by atoms with Crippen molar-refractivity contribution in [3.63, 3.8) is 0 Å². The van der Waals surface area contributed by atoms with Crippen molar-refractivity contribution in [2.24, 2.45) is 0 Å². The van der Waals surface area contributed by atoms with Crippen LogP contribution in [0.15, 0.2) is 47.3 Å². The standard InChI is InChI=1S/C26H27N3O5S/c1-3-5-8-13-32-19-12-11-17(14-21(19)31-4-2)15-23-25(30)29-26(35-23)27-24(28-29)22-16-33-18-9-6-7-10-20(18)34-22/h6-7,9-12,14-15,22H,3-5,8,13,16H2,1-2H3/b23-15+. The molecular weight excluding hydrogens is 466 g/mol. The summed E-state index contributed by atoms with van der Waals surface area (Å²) in [6.07, 6.45) is 4.63. The van der Waals surface area contributed by atoms with Gasteiger partial charge in [-0.15, -0.1) is 5.10 Å². The second-order valence-electron chi connectivity index (χ2n) is 8.14. The predicted octanol–water partition coefficient (Wildman–Crippen LogP) is 4.18. The van der Waals surface area contributed by atoms with E-state index in [1.165, 1.54) is 15.9 Å². The number of hydrogen-bond acceptors (Lipinski definition) is 8. The fraction of sp³-hybridized carbons (Fsp3) is 0.346. The number of ether oxygens (including phenoxy) is 4. The van der Waals surface area contributed by atoms with Gasteiger partial charge in [-0.1, -0.05) is 49.3 Å². The molecule has 0 bridgehead atoms. The highest BCUT2D eigenvalue weighted by atomic mass is 32.1. The molecule has 2 aromatic carbocycles. The zero-order valence-electron chi connectivity index (χ0n) is 19.7. The van der Waals surface area contributed by atoms with E-state index in [1.807, 2.05) is 55.5 Å². The molecule has 35 heavy (non-hydrogen) atoms. The number of benzene rings is 2. The molecule has 5 rings (SSSR count). The van der Waals surface area contributed by atoms with Gasteiger partial charge in [-0.3, -0.25) is 4.79 Å². The van der Waals surface area contributed by atoms with Gasteiger partial charge in [0.1, 0.15) is 6.61 Å². The Morgan fingerprint density at radius 2 is 1.97 bits per heavy atom. The quantitative estimate of drug-likeness (QED) is 0.324. The first-order valence-corrected chi connectivity index (χ1v) is 12.7. The third-order valence-corrected chi connectivity index (χ3v) is 6.52. The Morgan fingerprint density at radius 3 is 2.77 bits per heavy atom. The first-order valence-electron chi connectivity index (χ1n) is 11.9. The maximum Gasteiger partial charge on any atom is 0.291 e. The molecule has 0 saturated heterocycles. The minimum Gasteiger partial charge on any atom is -0.490 e. The van der Waals surface area contributed by atoms with Gasteiger partial charge < -0.3 is 18.9 Å². The van der Waals surface area contributed by atoms with Crippen molar-refractivity contribution in [3.8, 4) is 23.0 Å². The van der Waals surface area contributed by atoms with E-state index >= 15 is 0 Å². The number of thiazole rings is 1. The highest BCUT2D eigenvalue weighted by Crippen LogP contribution is 2.35. The largest absolute Gasteiger partial charge is 0.490 e. The highest BCUT2D eigenvalue weighted by molar-refractivity contribution is 7.15. The molecule has 0 spiro atoms. The SMILES string of the molecule is CCCCCOc1ccc(/C=c2/sc3nc(C4COc5ccccc5O4)nn3c2=O)cc1OCC. The minimum absolute atomic E-state index is 0.223. The van der Waals surface area contributed by atoms with Crippen molar-refractivity contribution in [1.29, 1.82) is 0 Å². The van der Waals surface area contributed by atoms with Crippen LogP contribution in [-0.2, 0) is 0 Å². The summed E-state index contributed by atoms with van der Waals surface area (Å²) in [6.45, 7) is 5.56. The van der Waals surface area contributed by atoms with Gasteiger partial charge in [0, 0.05) is 0 Å². The zero-order valence-corrected chi connectivity index (χ0v) is 20.5. The van der Waals surface area contributed by atoms with Gasteiger partial charge in [-0.2, -0.15) is 9.50 Å². The van der Waals surface area contributed by atoms with Gasteiger partial charge in [-0.05, 0) is 49.2 Å². The van der Waals surface area contributed by atoms with Crippen LogP contribution in [0.1, 0.15) is 50.6 Å². The molecule has 0 radical (unpaired) electrons. The lowest BCUT2D eigenvalue weighted by Gasteiger charge is -2.24. The highest BCUT2D eigenvalue weighted by Gasteiger charge is 2.27. The van der Waals surface area contributed by atoms with E-state index in [2.05, 4.69) is 17.0 Å². The van der Waals surface area contributed by atoms with Crippen molar-refractivity contribution < 1.29 is 18.9 Å². The summed E-state index contributed by atoms with van der Waals surface area (Å²) in [5.74, 6) is 3.14. The van der Waals surface area contributed by atoms with Crippen molar-refractivity contribution in [2.45, 2.75) is 39.2 Å². The topological polar surface area (TPSA) is 84.2 Å². The van der Waals surface area contributed by atoms with Gasteiger partial charge in [0.25, 0.3) is 5.56 Å². The molecule has 2 aromatic heterocycles. The molecule has 0 N–H and O–H groups in total. The average molecular weight is 494 g/mol. The van der Waals surface area contributed by atoms with Gasteiger partial charge in [0.2, 0.25) is 4.96 Å². The maximum absolute atomic E-state index is 13.0. The van der Waals surface area contributed by atoms with Crippen LogP contribution in [0.3, 0.4) is 0 Å². The predicted molar refractivity (Wildman–Crippen MR) is 134 cm³/mol. The van der Waals surface area contributed by atoms with E-state index in [0.717, 1.165) is 24.8 Å². The van der Waals surface area contributed by atoms with Crippen molar-refractivity contribution >= 4 is 22.4 Å². The fourth-order valence-corrected chi connectivity index (χ4v) is 4.73. The van der Waals surface area contributed by atoms with Crippen molar-refractivity contribution in [1.82, 2.24) is 14.6 Å². The van der Waals surface area contributed by atoms with Gasteiger partial charge in [0.05, 0.1) is 17.7 Å². The number of hydrogen-bond donors (Lipinski definition) is 0. The minimum atomic E-state index is -0.470. The van der Waals surface area contributed by atoms with Crippen LogP contribution < -0.4 is 29.0 Å². The molecule has 0 amide bonds. The molecule has 9 heteroatoms. The number of aromatic nitrogens is 3. The summed E-state index contributed by atoms with van der Waals surface area (Å²) in [4.78, 5) is 18.1. The molecular formula is C26H27N3O5S. The molecule has 1 aliphatic heterocycles. The Kier molecular flexibility index (Phi) is 6.85. The molecule has 1 aliphatic rings. The maximum atomic E-state index is 13.0. The zero-order chi connectivity index (χ0) is 24.2. The Bertz CT molecular complexity index is 1430. The van der Waals surface area contributed by atoms with E-state index in [1.54, 1.807) is 0 Å². The molecule has 182 valence electrons. The average Bonchev–Trinajstić information content (AvgIpc) is 3.42. The summed E-state index contributed by atoms with van der Waals surface area (Å²) < 4.78 is 25.3. The third kappa shape index (κ3) is 4.95. The van der Waals surface area contributed by atoms with Crippen LogP contribution in [-0.4, -0.2) is 34.4 Å². The number of para-hydroxylation sites is 2. The lowest BCUT2D eigenvalue weighted by molar-refractivity contribution is 0.0852. The molecule has 1 unspecified atom stereocenters. The van der Waals surface area contributed by atoms with Crippen LogP contribution in [0, 0.1) is 0 Å². The van der Waals surface area contributed by atoms with Gasteiger partial charge in [0.15, 0.2) is 34.9 Å². The summed E-state index contributed by atoms with van der Waals surface area (Å²) in [5, 5.41) is 4.41. The molecule has 0 fully saturated rings. The van der Waals surface area contributed by atoms with Crippen LogP contribution >= 0.6 is 11.3 Å². The van der Waals surface area contributed by atoms with Crippen molar-refractivity contribution in [3.05, 3.63) is 68.7 Å². The van der Waals surface area contributed by atoms with Gasteiger partial charge in [-0.25, -0.2) is 0 Å². The van der Waals surface area contributed by atoms with E-state index in [4.69, 9.17) is 18.9 Å². The number of unbranched alkanes of at least 4 members (excludes halogenated alkanes) is 2. The molecule has 4 aromatic rings. The third-order valence-electron chi connectivity index (χ3n) is 5.57. The number of nitrogens with zero attached hydrogens (tertiary/aromatic N) is 3. The van der Waals surface area contributed by atoms with Gasteiger partial charge >= 0.3 is 0 Å². The van der Waals surface area contributed by atoms with Crippen LogP contribution in [0.2, 0.25) is 0 Å². The van der Waals surface area contributed by atoms with E-state index < -0.39 is 6.10 Å². The Hall–Kier alpha value is -3.59. The number of rotatable bonds is 9. The monoisotopic (exact) mass is 493 g/mol.